The highest BCUT2D eigenvalue weighted by Gasteiger charge is 2.30. The maximum atomic E-state index is 12.5. The zero-order valence-corrected chi connectivity index (χ0v) is 11.6. The van der Waals surface area contributed by atoms with Crippen LogP contribution in [0.4, 0.5) is 5.69 Å². The van der Waals surface area contributed by atoms with Crippen LogP contribution in [0.15, 0.2) is 18.2 Å². The first kappa shape index (κ1) is 13.7. The highest BCUT2D eigenvalue weighted by atomic mass is 16.7. The maximum Gasteiger partial charge on any atom is 0.232 e. The average molecular weight is 264 g/mol. The Kier molecular flexibility index (Phi) is 3.66. The molecule has 1 aromatic carbocycles. The van der Waals surface area contributed by atoms with Gasteiger partial charge in [-0.05, 0) is 25.1 Å². The summed E-state index contributed by atoms with van der Waals surface area (Å²) in [4.78, 5) is 14.1. The summed E-state index contributed by atoms with van der Waals surface area (Å²) in [7, 11) is 1.76. The molecule has 1 heterocycles. The Balaban J connectivity index is 2.20. The monoisotopic (exact) mass is 264 g/mol. The lowest BCUT2D eigenvalue weighted by Gasteiger charge is -2.29. The molecular weight excluding hydrogens is 244 g/mol. The van der Waals surface area contributed by atoms with Crippen LogP contribution in [0.1, 0.15) is 20.3 Å². The Morgan fingerprint density at radius 1 is 1.37 bits per heavy atom. The van der Waals surface area contributed by atoms with E-state index < -0.39 is 5.41 Å². The smallest absolute Gasteiger partial charge is 0.232 e. The van der Waals surface area contributed by atoms with E-state index in [4.69, 9.17) is 15.2 Å². The predicted molar refractivity (Wildman–Crippen MR) is 73.4 cm³/mol. The van der Waals surface area contributed by atoms with Crippen molar-refractivity contribution in [2.24, 2.45) is 11.1 Å². The Hall–Kier alpha value is -1.75. The van der Waals surface area contributed by atoms with Gasteiger partial charge in [-0.3, -0.25) is 4.79 Å². The van der Waals surface area contributed by atoms with Crippen LogP contribution in [-0.2, 0) is 4.79 Å². The van der Waals surface area contributed by atoms with Gasteiger partial charge >= 0.3 is 0 Å². The van der Waals surface area contributed by atoms with Gasteiger partial charge in [-0.2, -0.15) is 0 Å². The normalized spacial score (nSPS) is 13.5. The molecule has 1 aromatic rings. The van der Waals surface area contributed by atoms with Crippen molar-refractivity contribution < 1.29 is 14.3 Å². The lowest BCUT2D eigenvalue weighted by atomic mass is 9.87. The van der Waals surface area contributed by atoms with Crippen molar-refractivity contribution in [1.82, 2.24) is 0 Å². The molecule has 0 saturated carbocycles. The van der Waals surface area contributed by atoms with Gasteiger partial charge < -0.3 is 20.1 Å². The molecule has 2 rings (SSSR count). The second kappa shape index (κ2) is 5.09. The van der Waals surface area contributed by atoms with Gasteiger partial charge in [0.25, 0.3) is 0 Å². The van der Waals surface area contributed by atoms with Gasteiger partial charge in [0.2, 0.25) is 12.7 Å². The molecule has 104 valence electrons. The molecule has 1 aliphatic rings. The second-order valence-corrected chi connectivity index (χ2v) is 5.32. The molecule has 0 atom stereocenters. The molecule has 0 bridgehead atoms. The molecule has 19 heavy (non-hydrogen) atoms. The number of benzene rings is 1. The molecule has 1 aliphatic heterocycles. The van der Waals surface area contributed by atoms with Gasteiger partial charge in [0.1, 0.15) is 0 Å². The first-order valence-electron chi connectivity index (χ1n) is 6.33. The zero-order valence-electron chi connectivity index (χ0n) is 11.6. The third-order valence-corrected chi connectivity index (χ3v) is 3.40. The molecule has 2 N–H and O–H groups in total. The standard InChI is InChI=1S/C14H20N2O3/c1-14(2,6-7-15)13(17)16(3)10-4-5-11-12(8-10)19-9-18-11/h4-5,8H,6-7,9,15H2,1-3H3. The largest absolute Gasteiger partial charge is 0.454 e. The molecule has 1 amide bonds. The average Bonchev–Trinajstić information content (AvgIpc) is 2.84. The zero-order chi connectivity index (χ0) is 14.0. The summed E-state index contributed by atoms with van der Waals surface area (Å²) in [6.07, 6.45) is 0.653. The van der Waals surface area contributed by atoms with Crippen molar-refractivity contribution >= 4 is 11.6 Å². The number of anilines is 1. The molecular formula is C14H20N2O3. The van der Waals surface area contributed by atoms with Crippen molar-refractivity contribution in [3.63, 3.8) is 0 Å². The van der Waals surface area contributed by atoms with E-state index in [1.54, 1.807) is 11.9 Å². The summed E-state index contributed by atoms with van der Waals surface area (Å²) in [6.45, 7) is 4.54. The van der Waals surface area contributed by atoms with E-state index in [2.05, 4.69) is 0 Å². The first-order valence-corrected chi connectivity index (χ1v) is 6.33. The number of hydrogen-bond acceptors (Lipinski definition) is 4. The topological polar surface area (TPSA) is 64.8 Å². The Morgan fingerprint density at radius 2 is 2.05 bits per heavy atom. The molecule has 0 aliphatic carbocycles. The van der Waals surface area contributed by atoms with E-state index in [0.29, 0.717) is 24.5 Å². The van der Waals surface area contributed by atoms with Gasteiger partial charge in [-0.25, -0.2) is 0 Å². The minimum Gasteiger partial charge on any atom is -0.454 e. The van der Waals surface area contributed by atoms with Gasteiger partial charge in [0.05, 0.1) is 0 Å². The maximum absolute atomic E-state index is 12.5. The minimum atomic E-state index is -0.472. The van der Waals surface area contributed by atoms with Crippen molar-refractivity contribution in [3.05, 3.63) is 18.2 Å². The van der Waals surface area contributed by atoms with Crippen LogP contribution in [0.25, 0.3) is 0 Å². The summed E-state index contributed by atoms with van der Waals surface area (Å²) in [5, 5.41) is 0. The molecule has 0 unspecified atom stereocenters. The Labute approximate surface area is 113 Å². The van der Waals surface area contributed by atoms with Gasteiger partial charge in [0, 0.05) is 24.2 Å². The van der Waals surface area contributed by atoms with E-state index in [1.165, 1.54) is 0 Å². The number of ether oxygens (including phenoxy) is 2. The summed E-state index contributed by atoms with van der Waals surface area (Å²) < 4.78 is 10.6. The van der Waals surface area contributed by atoms with Crippen LogP contribution in [0.2, 0.25) is 0 Å². The number of nitrogens with zero attached hydrogens (tertiary/aromatic N) is 1. The van der Waals surface area contributed by atoms with Crippen molar-refractivity contribution in [3.8, 4) is 11.5 Å². The van der Waals surface area contributed by atoms with Gasteiger partial charge in [-0.1, -0.05) is 13.8 Å². The van der Waals surface area contributed by atoms with Crippen LogP contribution in [0.3, 0.4) is 0 Å². The number of carbonyl (C=O) groups is 1. The number of rotatable bonds is 4. The third-order valence-electron chi connectivity index (χ3n) is 3.40. The Bertz CT molecular complexity index is 486. The summed E-state index contributed by atoms with van der Waals surface area (Å²) in [5.74, 6) is 1.43. The molecule has 0 spiro atoms. The molecule has 5 nitrogen and oxygen atoms in total. The third kappa shape index (κ3) is 2.66. The SMILES string of the molecule is CN(C(=O)C(C)(C)CCN)c1ccc2c(c1)OCO2. The number of carbonyl (C=O) groups excluding carboxylic acids is 1. The summed E-state index contributed by atoms with van der Waals surface area (Å²) in [5.41, 5.74) is 5.88. The van der Waals surface area contributed by atoms with Crippen LogP contribution < -0.4 is 20.1 Å². The van der Waals surface area contributed by atoms with Gasteiger partial charge in [0.15, 0.2) is 11.5 Å². The molecule has 0 radical (unpaired) electrons. The predicted octanol–water partition coefficient (Wildman–Crippen LogP) is 1.75. The summed E-state index contributed by atoms with van der Waals surface area (Å²) >= 11 is 0. The van der Waals surface area contributed by atoms with Crippen LogP contribution in [0.5, 0.6) is 11.5 Å². The molecule has 0 saturated heterocycles. The molecule has 5 heteroatoms. The van der Waals surface area contributed by atoms with Crippen molar-refractivity contribution in [2.45, 2.75) is 20.3 Å². The first-order chi connectivity index (χ1) is 8.95. The number of nitrogens with two attached hydrogens (primary N) is 1. The fraction of sp³-hybridized carbons (Fsp3) is 0.500. The van der Waals surface area contributed by atoms with E-state index in [-0.39, 0.29) is 12.7 Å². The molecule has 0 aromatic heterocycles. The highest BCUT2D eigenvalue weighted by molar-refractivity contribution is 5.97. The van der Waals surface area contributed by atoms with Crippen molar-refractivity contribution in [2.75, 3.05) is 25.3 Å². The van der Waals surface area contributed by atoms with Crippen LogP contribution in [-0.4, -0.2) is 26.3 Å². The molecule has 0 fully saturated rings. The quantitative estimate of drug-likeness (QED) is 0.900. The number of fused-ring (bicyclic) bond motifs is 1. The number of amides is 1. The van der Waals surface area contributed by atoms with Crippen molar-refractivity contribution in [1.29, 1.82) is 0 Å². The van der Waals surface area contributed by atoms with E-state index in [0.717, 1.165) is 5.69 Å². The minimum absolute atomic E-state index is 0.0387. The fourth-order valence-electron chi connectivity index (χ4n) is 2.13. The lowest BCUT2D eigenvalue weighted by Crippen LogP contribution is -2.39. The van der Waals surface area contributed by atoms with E-state index >= 15 is 0 Å². The lowest BCUT2D eigenvalue weighted by molar-refractivity contribution is -0.126. The highest BCUT2D eigenvalue weighted by Crippen LogP contribution is 2.36. The number of hydrogen-bond donors (Lipinski definition) is 1. The van der Waals surface area contributed by atoms with E-state index in [1.807, 2.05) is 32.0 Å². The second-order valence-electron chi connectivity index (χ2n) is 5.32. The van der Waals surface area contributed by atoms with Crippen LogP contribution in [0, 0.1) is 5.41 Å². The van der Waals surface area contributed by atoms with Crippen LogP contribution >= 0.6 is 0 Å². The summed E-state index contributed by atoms with van der Waals surface area (Å²) in [6, 6.07) is 5.49. The van der Waals surface area contributed by atoms with Gasteiger partial charge in [-0.15, -0.1) is 0 Å². The van der Waals surface area contributed by atoms with E-state index in [9.17, 15) is 4.79 Å². The Morgan fingerprint density at radius 3 is 2.74 bits per heavy atom. The fourth-order valence-corrected chi connectivity index (χ4v) is 2.13.